The summed E-state index contributed by atoms with van der Waals surface area (Å²) in [5, 5.41) is 4.35. The number of thioether (sulfide) groups is 1. The average Bonchev–Trinajstić information content (AvgIpc) is 2.88. The molecule has 0 fully saturated rings. The van der Waals surface area contributed by atoms with Crippen molar-refractivity contribution in [2.45, 2.75) is 24.3 Å². The van der Waals surface area contributed by atoms with Gasteiger partial charge in [-0.1, -0.05) is 42.1 Å². The van der Waals surface area contributed by atoms with E-state index in [-0.39, 0.29) is 0 Å². The number of amides is 1. The maximum absolute atomic E-state index is 11.8. The molecule has 1 aromatic carbocycles. The summed E-state index contributed by atoms with van der Waals surface area (Å²) in [7, 11) is 0. The van der Waals surface area contributed by atoms with Crippen LogP contribution in [-0.2, 0) is 4.79 Å². The van der Waals surface area contributed by atoms with E-state index in [1.165, 1.54) is 11.8 Å². The zero-order valence-electron chi connectivity index (χ0n) is 12.2. The van der Waals surface area contributed by atoms with Crippen LogP contribution in [0.4, 0.5) is 0 Å². The van der Waals surface area contributed by atoms with Crippen molar-refractivity contribution in [3.05, 3.63) is 53.3 Å². The number of aryl methyl sites for hydroxylation is 2. The Labute approximate surface area is 131 Å². The lowest BCUT2D eigenvalue weighted by Gasteiger charge is -2.10. The van der Waals surface area contributed by atoms with Crippen LogP contribution in [-0.4, -0.2) is 25.5 Å². The molecule has 1 amide bonds. The number of carbonyl (C=O) groups is 1. The first-order valence-corrected chi connectivity index (χ1v) is 7.64. The van der Waals surface area contributed by atoms with Crippen molar-refractivity contribution >= 4 is 23.4 Å². The quantitative estimate of drug-likeness (QED) is 0.745. The van der Waals surface area contributed by atoms with Gasteiger partial charge in [-0.15, -0.1) is 5.10 Å². The Kier molecular flexibility index (Phi) is 3.81. The Bertz CT molecular complexity index is 831. The van der Waals surface area contributed by atoms with E-state index >= 15 is 0 Å². The Morgan fingerprint density at radius 1 is 1.23 bits per heavy atom. The maximum Gasteiger partial charge on any atom is 0.253 e. The third-order valence-electron chi connectivity index (χ3n) is 3.18. The number of hydrogen-bond donors (Lipinski definition) is 1. The normalized spacial score (nSPS) is 12.5. The summed E-state index contributed by atoms with van der Waals surface area (Å²) in [5.74, 6) is 0.104. The van der Waals surface area contributed by atoms with Gasteiger partial charge in [0.1, 0.15) is 5.25 Å². The second kappa shape index (κ2) is 5.76. The molecule has 0 radical (unpaired) electrons. The van der Waals surface area contributed by atoms with Gasteiger partial charge >= 0.3 is 0 Å². The highest BCUT2D eigenvalue weighted by molar-refractivity contribution is 8.00. The van der Waals surface area contributed by atoms with Crippen molar-refractivity contribution in [2.75, 3.05) is 0 Å². The monoisotopic (exact) mass is 313 g/mol. The fourth-order valence-electron chi connectivity index (χ4n) is 2.22. The molecule has 7 heteroatoms. The zero-order chi connectivity index (χ0) is 15.7. The van der Waals surface area contributed by atoms with Gasteiger partial charge < -0.3 is 5.73 Å². The molecule has 1 unspecified atom stereocenters. The first-order chi connectivity index (χ1) is 10.5. The number of rotatable bonds is 4. The van der Waals surface area contributed by atoms with Crippen molar-refractivity contribution in [3.8, 4) is 0 Å². The molecule has 0 spiro atoms. The van der Waals surface area contributed by atoms with E-state index in [0.29, 0.717) is 10.9 Å². The van der Waals surface area contributed by atoms with Gasteiger partial charge in [-0.2, -0.15) is 4.98 Å². The molecular formula is C15H15N5OS. The van der Waals surface area contributed by atoms with Gasteiger partial charge in [0.05, 0.1) is 0 Å². The number of nitrogens with two attached hydrogens (primary N) is 1. The van der Waals surface area contributed by atoms with E-state index in [4.69, 9.17) is 5.73 Å². The molecule has 6 nitrogen and oxygen atoms in total. The van der Waals surface area contributed by atoms with E-state index < -0.39 is 11.2 Å². The molecule has 1 atom stereocenters. The molecule has 2 N–H and O–H groups in total. The lowest BCUT2D eigenvalue weighted by Crippen LogP contribution is -2.19. The highest BCUT2D eigenvalue weighted by Gasteiger charge is 2.22. The minimum Gasteiger partial charge on any atom is -0.368 e. The highest BCUT2D eigenvalue weighted by atomic mass is 32.2. The van der Waals surface area contributed by atoms with Crippen LogP contribution in [0.2, 0.25) is 0 Å². The molecule has 2 heterocycles. The smallest absolute Gasteiger partial charge is 0.253 e. The average molecular weight is 313 g/mol. The highest BCUT2D eigenvalue weighted by Crippen LogP contribution is 2.33. The predicted molar refractivity (Wildman–Crippen MR) is 84.5 cm³/mol. The third kappa shape index (κ3) is 2.80. The van der Waals surface area contributed by atoms with Crippen molar-refractivity contribution in [1.29, 1.82) is 0 Å². The summed E-state index contributed by atoms with van der Waals surface area (Å²) in [6.07, 6.45) is 0. The van der Waals surface area contributed by atoms with Crippen LogP contribution in [0.5, 0.6) is 0 Å². The number of hydrogen-bond acceptors (Lipinski definition) is 5. The molecule has 0 aliphatic carbocycles. The minimum absolute atomic E-state index is 0.420. The molecule has 3 rings (SSSR count). The van der Waals surface area contributed by atoms with Gasteiger partial charge in [0.2, 0.25) is 11.1 Å². The summed E-state index contributed by atoms with van der Waals surface area (Å²) in [4.78, 5) is 20.5. The molecule has 3 aromatic rings. The number of fused-ring (bicyclic) bond motifs is 1. The van der Waals surface area contributed by atoms with E-state index in [2.05, 4.69) is 15.1 Å². The standard InChI is InChI=1S/C15H15N5OS/c1-9-8-10(2)20-14(17-9)18-15(19-20)22-12(13(16)21)11-6-4-3-5-7-11/h3-8,12H,1-2H3,(H2,16,21). The number of primary amides is 1. The van der Waals surface area contributed by atoms with Crippen molar-refractivity contribution in [3.63, 3.8) is 0 Å². The fourth-order valence-corrected chi connectivity index (χ4v) is 3.10. The van der Waals surface area contributed by atoms with Gasteiger partial charge in [-0.3, -0.25) is 4.79 Å². The second-order valence-electron chi connectivity index (χ2n) is 4.96. The maximum atomic E-state index is 11.8. The molecule has 22 heavy (non-hydrogen) atoms. The van der Waals surface area contributed by atoms with Crippen LogP contribution in [0.15, 0.2) is 41.6 Å². The molecule has 0 bridgehead atoms. The van der Waals surface area contributed by atoms with Crippen molar-refractivity contribution in [2.24, 2.45) is 5.73 Å². The SMILES string of the molecule is Cc1cc(C)n2nc(SC(C(N)=O)c3ccccc3)nc2n1. The molecule has 0 aliphatic rings. The first kappa shape index (κ1) is 14.5. The van der Waals surface area contributed by atoms with E-state index in [9.17, 15) is 4.79 Å². The fraction of sp³-hybridized carbons (Fsp3) is 0.200. The number of aromatic nitrogens is 4. The van der Waals surface area contributed by atoms with Gasteiger partial charge in [-0.05, 0) is 25.5 Å². The summed E-state index contributed by atoms with van der Waals surface area (Å²) < 4.78 is 1.67. The van der Waals surface area contributed by atoms with Crippen LogP contribution >= 0.6 is 11.8 Å². The number of nitrogens with zero attached hydrogens (tertiary/aromatic N) is 4. The Hall–Kier alpha value is -2.41. The Morgan fingerprint density at radius 2 is 1.95 bits per heavy atom. The lowest BCUT2D eigenvalue weighted by molar-refractivity contribution is -0.117. The first-order valence-electron chi connectivity index (χ1n) is 6.76. The van der Waals surface area contributed by atoms with Crippen LogP contribution in [0.3, 0.4) is 0 Å². The van der Waals surface area contributed by atoms with Crippen LogP contribution in [0, 0.1) is 13.8 Å². The van der Waals surface area contributed by atoms with Crippen LogP contribution in [0.1, 0.15) is 22.2 Å². The topological polar surface area (TPSA) is 86.2 Å². The number of benzene rings is 1. The molecular weight excluding hydrogens is 298 g/mol. The molecule has 0 aliphatic heterocycles. The third-order valence-corrected chi connectivity index (χ3v) is 4.31. The largest absolute Gasteiger partial charge is 0.368 e. The summed E-state index contributed by atoms with van der Waals surface area (Å²) in [6, 6.07) is 11.3. The molecule has 112 valence electrons. The van der Waals surface area contributed by atoms with E-state index in [1.54, 1.807) is 4.52 Å². The van der Waals surface area contributed by atoms with Gasteiger partial charge in [0.15, 0.2) is 0 Å². The lowest BCUT2D eigenvalue weighted by atomic mass is 10.1. The minimum atomic E-state index is -0.528. The Balaban J connectivity index is 1.97. The molecule has 0 saturated carbocycles. The second-order valence-corrected chi connectivity index (χ2v) is 6.03. The summed E-state index contributed by atoms with van der Waals surface area (Å²) in [6.45, 7) is 3.85. The van der Waals surface area contributed by atoms with Crippen LogP contribution in [0.25, 0.3) is 5.78 Å². The summed E-state index contributed by atoms with van der Waals surface area (Å²) in [5.41, 5.74) is 8.18. The van der Waals surface area contributed by atoms with Gasteiger partial charge in [-0.25, -0.2) is 9.50 Å². The zero-order valence-corrected chi connectivity index (χ0v) is 13.0. The van der Waals surface area contributed by atoms with Gasteiger partial charge in [0, 0.05) is 11.4 Å². The number of carbonyl (C=O) groups excluding carboxylic acids is 1. The van der Waals surface area contributed by atoms with E-state index in [0.717, 1.165) is 17.0 Å². The van der Waals surface area contributed by atoms with Gasteiger partial charge in [0.25, 0.3) is 5.78 Å². The van der Waals surface area contributed by atoms with Crippen LogP contribution < -0.4 is 5.73 Å². The molecule has 0 saturated heterocycles. The van der Waals surface area contributed by atoms with E-state index in [1.807, 2.05) is 50.2 Å². The molecule has 2 aromatic heterocycles. The Morgan fingerprint density at radius 3 is 2.64 bits per heavy atom. The summed E-state index contributed by atoms with van der Waals surface area (Å²) >= 11 is 1.23. The van der Waals surface area contributed by atoms with Crippen molar-refractivity contribution in [1.82, 2.24) is 19.6 Å². The van der Waals surface area contributed by atoms with Crippen molar-refractivity contribution < 1.29 is 4.79 Å². The predicted octanol–water partition coefficient (Wildman–Crippen LogP) is 2.06.